The highest BCUT2D eigenvalue weighted by atomic mass is 19.4. The Balaban J connectivity index is 2.43. The molecule has 0 amide bonds. The van der Waals surface area contributed by atoms with Crippen molar-refractivity contribution in [1.29, 1.82) is 0 Å². The summed E-state index contributed by atoms with van der Waals surface area (Å²) < 4.78 is 38.6. The van der Waals surface area contributed by atoms with Crippen molar-refractivity contribution < 1.29 is 18.3 Å². The number of rotatable bonds is 3. The summed E-state index contributed by atoms with van der Waals surface area (Å²) in [6.07, 6.45) is -0.901. The quantitative estimate of drug-likeness (QED) is 0.899. The lowest BCUT2D eigenvalue weighted by Gasteiger charge is -2.31. The van der Waals surface area contributed by atoms with Crippen LogP contribution in [0.5, 0.6) is 0 Å². The highest BCUT2D eigenvalue weighted by molar-refractivity contribution is 5.49. The molecule has 1 aliphatic heterocycles. The predicted octanol–water partition coefficient (Wildman–Crippen LogP) is 2.30. The molecular weight excluding hydrogens is 283 g/mol. The van der Waals surface area contributed by atoms with E-state index in [1.165, 1.54) is 6.07 Å². The van der Waals surface area contributed by atoms with Crippen LogP contribution in [0.2, 0.25) is 0 Å². The van der Waals surface area contributed by atoms with Gasteiger partial charge in [-0.15, -0.1) is 0 Å². The van der Waals surface area contributed by atoms with Crippen LogP contribution in [-0.4, -0.2) is 29.3 Å². The fourth-order valence-electron chi connectivity index (χ4n) is 2.69. The van der Waals surface area contributed by atoms with Crippen LogP contribution in [0.1, 0.15) is 36.9 Å². The van der Waals surface area contributed by atoms with Gasteiger partial charge in [-0.3, -0.25) is 0 Å². The van der Waals surface area contributed by atoms with Gasteiger partial charge in [-0.25, -0.2) is 4.98 Å². The molecule has 0 bridgehead atoms. The number of halogens is 3. The number of aliphatic hydroxyl groups is 1. The maximum Gasteiger partial charge on any atom is 0.433 e. The van der Waals surface area contributed by atoms with Crippen molar-refractivity contribution in [2.75, 3.05) is 18.1 Å². The van der Waals surface area contributed by atoms with Crippen LogP contribution < -0.4 is 10.6 Å². The first kappa shape index (κ1) is 16.0. The van der Waals surface area contributed by atoms with Gasteiger partial charge < -0.3 is 15.7 Å². The van der Waals surface area contributed by atoms with Gasteiger partial charge >= 0.3 is 6.18 Å². The number of nitrogens with zero attached hydrogens (tertiary/aromatic N) is 2. The van der Waals surface area contributed by atoms with Gasteiger partial charge in [-0.1, -0.05) is 18.9 Å². The second-order valence-corrected chi connectivity index (χ2v) is 5.26. The molecule has 4 nitrogen and oxygen atoms in total. The molecule has 1 aliphatic rings. The fourth-order valence-corrected chi connectivity index (χ4v) is 2.69. The Bertz CT molecular complexity index is 479. The molecule has 1 fully saturated rings. The number of nitrogens with two attached hydrogens (primary N) is 1. The summed E-state index contributed by atoms with van der Waals surface area (Å²) in [5.41, 5.74) is 5.28. The molecule has 2 rings (SSSR count). The van der Waals surface area contributed by atoms with E-state index in [1.54, 1.807) is 4.90 Å². The Kier molecular flexibility index (Phi) is 5.05. The second kappa shape index (κ2) is 6.62. The number of anilines is 1. The molecule has 0 spiro atoms. The molecule has 118 valence electrons. The van der Waals surface area contributed by atoms with Gasteiger partial charge in [0.2, 0.25) is 0 Å². The molecule has 1 saturated heterocycles. The smallest absolute Gasteiger partial charge is 0.394 e. The largest absolute Gasteiger partial charge is 0.433 e. The van der Waals surface area contributed by atoms with Gasteiger partial charge in [0, 0.05) is 18.7 Å². The van der Waals surface area contributed by atoms with Crippen molar-refractivity contribution in [1.82, 2.24) is 4.98 Å². The van der Waals surface area contributed by atoms with Crippen LogP contribution in [0.3, 0.4) is 0 Å². The van der Waals surface area contributed by atoms with Crippen LogP contribution in [0.25, 0.3) is 0 Å². The van der Waals surface area contributed by atoms with E-state index in [0.29, 0.717) is 12.1 Å². The third-order valence-corrected chi connectivity index (χ3v) is 3.83. The zero-order valence-electron chi connectivity index (χ0n) is 11.7. The summed E-state index contributed by atoms with van der Waals surface area (Å²) in [7, 11) is 0. The van der Waals surface area contributed by atoms with E-state index in [0.717, 1.165) is 31.7 Å². The number of pyridine rings is 1. The van der Waals surface area contributed by atoms with Gasteiger partial charge in [0.25, 0.3) is 0 Å². The average molecular weight is 303 g/mol. The summed E-state index contributed by atoms with van der Waals surface area (Å²) in [6.45, 7) is 0.615. The normalized spacial score (nSPS) is 20.4. The topological polar surface area (TPSA) is 62.4 Å². The van der Waals surface area contributed by atoms with Crippen LogP contribution in [0, 0.1) is 0 Å². The van der Waals surface area contributed by atoms with E-state index in [4.69, 9.17) is 5.73 Å². The highest BCUT2D eigenvalue weighted by Gasteiger charge is 2.34. The summed E-state index contributed by atoms with van der Waals surface area (Å²) in [6, 6.07) is 2.14. The molecule has 1 aromatic rings. The Labute approximate surface area is 121 Å². The van der Waals surface area contributed by atoms with Crippen molar-refractivity contribution in [2.45, 2.75) is 44.4 Å². The minimum absolute atomic E-state index is 0.0953. The zero-order chi connectivity index (χ0) is 15.5. The van der Waals surface area contributed by atoms with Gasteiger partial charge in [-0.2, -0.15) is 13.2 Å². The molecule has 0 aromatic carbocycles. The number of hydrogen-bond donors (Lipinski definition) is 2. The lowest BCUT2D eigenvalue weighted by atomic mass is 10.1. The molecule has 2 heterocycles. The SMILES string of the molecule is NCc1ccc(C(F)(F)F)nc1N1CCCCCC1CO. The average Bonchev–Trinajstić information content (AvgIpc) is 2.70. The third kappa shape index (κ3) is 3.65. The minimum Gasteiger partial charge on any atom is -0.394 e. The van der Waals surface area contributed by atoms with E-state index in [1.807, 2.05) is 0 Å². The van der Waals surface area contributed by atoms with Crippen molar-refractivity contribution in [2.24, 2.45) is 5.73 Å². The zero-order valence-corrected chi connectivity index (χ0v) is 11.7. The second-order valence-electron chi connectivity index (χ2n) is 5.26. The maximum atomic E-state index is 12.9. The summed E-state index contributed by atoms with van der Waals surface area (Å²) in [4.78, 5) is 5.57. The van der Waals surface area contributed by atoms with Gasteiger partial charge in [-0.05, 0) is 18.9 Å². The van der Waals surface area contributed by atoms with Crippen molar-refractivity contribution >= 4 is 5.82 Å². The first-order chi connectivity index (χ1) is 9.97. The summed E-state index contributed by atoms with van der Waals surface area (Å²) in [5, 5.41) is 9.52. The Morgan fingerprint density at radius 2 is 2.05 bits per heavy atom. The molecule has 0 radical (unpaired) electrons. The van der Waals surface area contributed by atoms with Crippen LogP contribution in [0.4, 0.5) is 19.0 Å². The van der Waals surface area contributed by atoms with E-state index < -0.39 is 11.9 Å². The van der Waals surface area contributed by atoms with Gasteiger partial charge in [0.1, 0.15) is 11.5 Å². The number of aliphatic hydroxyl groups excluding tert-OH is 1. The molecule has 3 N–H and O–H groups in total. The van der Waals surface area contributed by atoms with E-state index in [2.05, 4.69) is 4.98 Å². The molecule has 21 heavy (non-hydrogen) atoms. The predicted molar refractivity (Wildman–Crippen MR) is 73.8 cm³/mol. The number of hydrogen-bond acceptors (Lipinski definition) is 4. The van der Waals surface area contributed by atoms with Crippen LogP contribution >= 0.6 is 0 Å². The standard InChI is InChI=1S/C14H20F3N3O/c15-14(16,17)12-6-5-10(8-18)13(19-12)20-7-3-1-2-4-11(20)9-21/h5-6,11,21H,1-4,7-9,18H2. The Morgan fingerprint density at radius 1 is 1.29 bits per heavy atom. The van der Waals surface area contributed by atoms with Crippen molar-refractivity contribution in [3.8, 4) is 0 Å². The van der Waals surface area contributed by atoms with Crippen LogP contribution in [-0.2, 0) is 12.7 Å². The Hall–Kier alpha value is -1.34. The van der Waals surface area contributed by atoms with E-state index in [9.17, 15) is 18.3 Å². The summed E-state index contributed by atoms with van der Waals surface area (Å²) >= 11 is 0. The lowest BCUT2D eigenvalue weighted by molar-refractivity contribution is -0.141. The molecule has 0 aliphatic carbocycles. The van der Waals surface area contributed by atoms with Crippen molar-refractivity contribution in [3.63, 3.8) is 0 Å². The van der Waals surface area contributed by atoms with E-state index >= 15 is 0 Å². The van der Waals surface area contributed by atoms with Gasteiger partial charge in [0.15, 0.2) is 0 Å². The molecule has 1 atom stereocenters. The molecule has 7 heteroatoms. The van der Waals surface area contributed by atoms with Gasteiger partial charge in [0.05, 0.1) is 12.6 Å². The maximum absolute atomic E-state index is 12.9. The number of aromatic nitrogens is 1. The first-order valence-electron chi connectivity index (χ1n) is 7.12. The monoisotopic (exact) mass is 303 g/mol. The fraction of sp³-hybridized carbons (Fsp3) is 0.643. The summed E-state index contributed by atoms with van der Waals surface area (Å²) in [5.74, 6) is 0.258. The molecule has 1 aromatic heterocycles. The number of alkyl halides is 3. The highest BCUT2D eigenvalue weighted by Crippen LogP contribution is 2.32. The molecule has 0 saturated carbocycles. The molecule has 1 unspecified atom stereocenters. The first-order valence-corrected chi connectivity index (χ1v) is 7.12. The third-order valence-electron chi connectivity index (χ3n) is 3.83. The Morgan fingerprint density at radius 3 is 2.67 bits per heavy atom. The molecular formula is C14H20F3N3O. The van der Waals surface area contributed by atoms with Crippen molar-refractivity contribution in [3.05, 3.63) is 23.4 Å². The van der Waals surface area contributed by atoms with E-state index in [-0.39, 0.29) is 25.0 Å². The lowest BCUT2D eigenvalue weighted by Crippen LogP contribution is -2.39. The van der Waals surface area contributed by atoms with Crippen LogP contribution in [0.15, 0.2) is 12.1 Å². The minimum atomic E-state index is -4.48.